The van der Waals surface area contributed by atoms with Gasteiger partial charge in [0, 0.05) is 4.90 Å². The number of hydrogen-bond donors (Lipinski definition) is 1. The summed E-state index contributed by atoms with van der Waals surface area (Å²) in [5, 5.41) is 2.90. The molecule has 0 heterocycles. The number of rotatable bonds is 5. The zero-order valence-electron chi connectivity index (χ0n) is 12.1. The molecule has 1 atom stereocenters. The van der Waals surface area contributed by atoms with Gasteiger partial charge in [-0.2, -0.15) is 0 Å². The van der Waals surface area contributed by atoms with Crippen LogP contribution in [0, 0.1) is 5.82 Å². The van der Waals surface area contributed by atoms with Gasteiger partial charge in [-0.1, -0.05) is 30.3 Å². The molecule has 0 saturated heterocycles. The molecule has 1 amide bonds. The second kappa shape index (κ2) is 7.27. The number of carbonyl (C=O) groups is 1. The average Bonchev–Trinajstić information content (AvgIpc) is 2.49. The summed E-state index contributed by atoms with van der Waals surface area (Å²) in [6.45, 7) is 1.92. The predicted molar refractivity (Wildman–Crippen MR) is 84.9 cm³/mol. The van der Waals surface area contributed by atoms with Crippen molar-refractivity contribution in [1.29, 1.82) is 0 Å². The van der Waals surface area contributed by atoms with E-state index in [0.717, 1.165) is 5.56 Å². The van der Waals surface area contributed by atoms with Crippen molar-refractivity contribution < 1.29 is 9.18 Å². The molecule has 2 nitrogen and oxygen atoms in total. The number of carbonyl (C=O) groups excluding carboxylic acids is 1. The van der Waals surface area contributed by atoms with Crippen molar-refractivity contribution in [3.63, 3.8) is 0 Å². The van der Waals surface area contributed by atoms with Gasteiger partial charge in [-0.25, -0.2) is 4.39 Å². The Bertz CT molecular complexity index is 612. The highest BCUT2D eigenvalue weighted by molar-refractivity contribution is 7.98. The molecule has 2 aromatic rings. The molecule has 21 heavy (non-hydrogen) atoms. The van der Waals surface area contributed by atoms with Gasteiger partial charge < -0.3 is 5.32 Å². The fraction of sp³-hybridized carbons (Fsp3) is 0.235. The van der Waals surface area contributed by atoms with Crippen LogP contribution in [0.5, 0.6) is 0 Å². The Balaban J connectivity index is 1.97. The number of nitrogens with one attached hydrogen (secondary N) is 1. The van der Waals surface area contributed by atoms with Crippen molar-refractivity contribution in [3.8, 4) is 0 Å². The Morgan fingerprint density at radius 3 is 2.48 bits per heavy atom. The summed E-state index contributed by atoms with van der Waals surface area (Å²) in [6, 6.07) is 14.3. The average molecular weight is 303 g/mol. The first-order valence-corrected chi connectivity index (χ1v) is 7.99. The molecule has 0 aromatic heterocycles. The molecule has 0 bridgehead atoms. The first kappa shape index (κ1) is 15.6. The maximum absolute atomic E-state index is 13.5. The largest absolute Gasteiger partial charge is 0.349 e. The van der Waals surface area contributed by atoms with Crippen molar-refractivity contribution in [2.24, 2.45) is 0 Å². The lowest BCUT2D eigenvalue weighted by Crippen LogP contribution is -2.28. The van der Waals surface area contributed by atoms with Gasteiger partial charge in [-0.15, -0.1) is 11.8 Å². The van der Waals surface area contributed by atoms with E-state index in [1.807, 2.05) is 37.4 Å². The van der Waals surface area contributed by atoms with Crippen LogP contribution in [0.1, 0.15) is 24.1 Å². The fourth-order valence-electron chi connectivity index (χ4n) is 2.08. The topological polar surface area (TPSA) is 29.1 Å². The van der Waals surface area contributed by atoms with Crippen LogP contribution in [0.4, 0.5) is 4.39 Å². The van der Waals surface area contributed by atoms with Crippen molar-refractivity contribution in [3.05, 3.63) is 65.5 Å². The number of amides is 1. The molecule has 0 aliphatic rings. The highest BCUT2D eigenvalue weighted by Gasteiger charge is 2.12. The first-order valence-electron chi connectivity index (χ1n) is 6.77. The molecule has 1 N–H and O–H groups in total. The quantitative estimate of drug-likeness (QED) is 0.847. The molecule has 0 unspecified atom stereocenters. The van der Waals surface area contributed by atoms with Crippen LogP contribution in [0.2, 0.25) is 0 Å². The highest BCUT2D eigenvalue weighted by Crippen LogP contribution is 2.19. The van der Waals surface area contributed by atoms with Crippen LogP contribution >= 0.6 is 11.8 Å². The number of hydrogen-bond acceptors (Lipinski definition) is 2. The normalized spacial score (nSPS) is 12.0. The van der Waals surface area contributed by atoms with Gasteiger partial charge in [0.1, 0.15) is 5.82 Å². The summed E-state index contributed by atoms with van der Waals surface area (Å²) >= 11 is 1.68. The molecule has 0 aliphatic heterocycles. The molecule has 110 valence electrons. The minimum Gasteiger partial charge on any atom is -0.349 e. The molecule has 4 heteroatoms. The van der Waals surface area contributed by atoms with Crippen molar-refractivity contribution in [2.45, 2.75) is 24.3 Å². The molecular weight excluding hydrogens is 285 g/mol. The van der Waals surface area contributed by atoms with Gasteiger partial charge in [0.25, 0.3) is 0 Å². The first-order chi connectivity index (χ1) is 10.1. The second-order valence-corrected chi connectivity index (χ2v) is 5.71. The Labute approximate surface area is 128 Å². The van der Waals surface area contributed by atoms with E-state index >= 15 is 0 Å². The maximum Gasteiger partial charge on any atom is 0.225 e. The predicted octanol–water partition coefficient (Wildman–Crippen LogP) is 3.97. The Morgan fingerprint density at radius 1 is 1.19 bits per heavy atom. The standard InChI is InChI=1S/C17H18FNOS/c1-12(13-7-9-15(21-2)10-8-13)19-17(20)11-14-5-3-4-6-16(14)18/h3-10,12H,11H2,1-2H3,(H,19,20)/t12-/m1/s1. The molecule has 0 spiro atoms. The summed E-state index contributed by atoms with van der Waals surface area (Å²) in [5.74, 6) is -0.522. The number of halogens is 1. The SMILES string of the molecule is CSc1ccc([C@@H](C)NC(=O)Cc2ccccc2F)cc1. The van der Waals surface area contributed by atoms with Crippen molar-refractivity contribution >= 4 is 17.7 Å². The lowest BCUT2D eigenvalue weighted by Gasteiger charge is -2.15. The van der Waals surface area contributed by atoms with Gasteiger partial charge >= 0.3 is 0 Å². The summed E-state index contributed by atoms with van der Waals surface area (Å²) in [4.78, 5) is 13.2. The van der Waals surface area contributed by atoms with E-state index < -0.39 is 0 Å². The maximum atomic E-state index is 13.5. The Hall–Kier alpha value is -1.81. The van der Waals surface area contributed by atoms with E-state index in [0.29, 0.717) is 5.56 Å². The zero-order valence-corrected chi connectivity index (χ0v) is 12.9. The number of thioether (sulfide) groups is 1. The Morgan fingerprint density at radius 2 is 1.86 bits per heavy atom. The minimum atomic E-state index is -0.343. The van der Waals surface area contributed by atoms with E-state index in [9.17, 15) is 9.18 Å². The molecular formula is C17H18FNOS. The van der Waals surface area contributed by atoms with Crippen LogP contribution < -0.4 is 5.32 Å². The fourth-order valence-corrected chi connectivity index (χ4v) is 2.49. The molecule has 0 fully saturated rings. The molecule has 0 radical (unpaired) electrons. The van der Waals surface area contributed by atoms with Gasteiger partial charge in [0.15, 0.2) is 0 Å². The third-order valence-corrected chi connectivity index (χ3v) is 4.05. The molecule has 2 aromatic carbocycles. The minimum absolute atomic E-state index is 0.0555. The van der Waals surface area contributed by atoms with E-state index in [1.54, 1.807) is 30.0 Å². The van der Waals surface area contributed by atoms with Gasteiger partial charge in [0.2, 0.25) is 5.91 Å². The van der Waals surface area contributed by atoms with Gasteiger partial charge in [-0.3, -0.25) is 4.79 Å². The van der Waals surface area contributed by atoms with Crippen molar-refractivity contribution in [1.82, 2.24) is 5.32 Å². The Kier molecular flexibility index (Phi) is 5.39. The van der Waals surface area contributed by atoms with Crippen LogP contribution in [0.3, 0.4) is 0 Å². The van der Waals surface area contributed by atoms with Crippen LogP contribution in [-0.4, -0.2) is 12.2 Å². The molecule has 0 aliphatic carbocycles. The lowest BCUT2D eigenvalue weighted by molar-refractivity contribution is -0.121. The van der Waals surface area contributed by atoms with Gasteiger partial charge in [-0.05, 0) is 42.5 Å². The summed E-state index contributed by atoms with van der Waals surface area (Å²) in [7, 11) is 0. The lowest BCUT2D eigenvalue weighted by atomic mass is 10.1. The third-order valence-electron chi connectivity index (χ3n) is 3.30. The highest BCUT2D eigenvalue weighted by atomic mass is 32.2. The van der Waals surface area contributed by atoms with E-state index in [2.05, 4.69) is 5.32 Å². The second-order valence-electron chi connectivity index (χ2n) is 4.83. The van der Waals surface area contributed by atoms with E-state index in [-0.39, 0.29) is 24.2 Å². The van der Waals surface area contributed by atoms with Gasteiger partial charge in [0.05, 0.1) is 12.5 Å². The number of benzene rings is 2. The third kappa shape index (κ3) is 4.33. The van der Waals surface area contributed by atoms with Crippen LogP contribution in [0.25, 0.3) is 0 Å². The van der Waals surface area contributed by atoms with Crippen LogP contribution in [0.15, 0.2) is 53.4 Å². The van der Waals surface area contributed by atoms with E-state index in [4.69, 9.17) is 0 Å². The summed E-state index contributed by atoms with van der Waals surface area (Å²) < 4.78 is 13.5. The molecule has 0 saturated carbocycles. The summed E-state index contributed by atoms with van der Waals surface area (Å²) in [6.07, 6.45) is 2.08. The van der Waals surface area contributed by atoms with Crippen molar-refractivity contribution in [2.75, 3.05) is 6.26 Å². The zero-order chi connectivity index (χ0) is 15.2. The molecule has 2 rings (SSSR count). The summed E-state index contributed by atoms with van der Waals surface area (Å²) in [5.41, 5.74) is 1.45. The van der Waals surface area contributed by atoms with E-state index in [1.165, 1.54) is 11.0 Å². The monoisotopic (exact) mass is 303 g/mol. The smallest absolute Gasteiger partial charge is 0.225 e. The van der Waals surface area contributed by atoms with Crippen LogP contribution in [-0.2, 0) is 11.2 Å².